The number of alkyl halides is 3. The second-order valence-corrected chi connectivity index (χ2v) is 5.59. The molecule has 0 aliphatic heterocycles. The monoisotopic (exact) mass is 397 g/mol. The Morgan fingerprint density at radius 2 is 1.85 bits per heavy atom. The van der Waals surface area contributed by atoms with E-state index in [1.54, 1.807) is 0 Å². The number of hydrogen-bond acceptors (Lipinski definition) is 6. The number of nitrogens with zero attached hydrogens (tertiary/aromatic N) is 5. The van der Waals surface area contributed by atoms with Crippen molar-refractivity contribution in [3.05, 3.63) is 58.6 Å². The quantitative estimate of drug-likeness (QED) is 0.698. The number of carbonyl (C=O) groups is 1. The normalized spacial score (nSPS) is 11.4. The van der Waals surface area contributed by atoms with E-state index in [2.05, 4.69) is 25.5 Å². The van der Waals surface area contributed by atoms with Gasteiger partial charge in [-0.2, -0.15) is 23.4 Å². The topological polar surface area (TPSA) is 112 Å². The largest absolute Gasteiger partial charge is 0.416 e. The van der Waals surface area contributed by atoms with Crippen molar-refractivity contribution in [2.24, 2.45) is 0 Å². The summed E-state index contributed by atoms with van der Waals surface area (Å²) in [7, 11) is 0. The van der Waals surface area contributed by atoms with Crippen LogP contribution in [0.3, 0.4) is 0 Å². The summed E-state index contributed by atoms with van der Waals surface area (Å²) in [6.45, 7) is -0.379. The summed E-state index contributed by atoms with van der Waals surface area (Å²) in [6.07, 6.45) is -1.78. The second kappa shape index (κ2) is 7.19. The highest BCUT2D eigenvalue weighted by Gasteiger charge is 2.33. The Bertz CT molecular complexity index is 976. The van der Waals surface area contributed by atoms with E-state index in [9.17, 15) is 18.0 Å². The Hall–Kier alpha value is -3.21. The fraction of sp³-hybridized carbons (Fsp3) is 0.133. The Balaban J connectivity index is 1.81. The summed E-state index contributed by atoms with van der Waals surface area (Å²) in [5.74, 6) is -1.08. The van der Waals surface area contributed by atoms with E-state index in [1.165, 1.54) is 30.6 Å². The molecular formula is C15H11ClF3N7O. The molecule has 0 atom stereocenters. The number of nitrogen functional groups attached to an aromatic ring is 1. The van der Waals surface area contributed by atoms with Gasteiger partial charge in [0, 0.05) is 6.54 Å². The van der Waals surface area contributed by atoms with Crippen LogP contribution in [0.1, 0.15) is 21.6 Å². The molecule has 12 heteroatoms. The molecule has 0 saturated heterocycles. The number of rotatable bonds is 4. The molecular weight excluding hydrogens is 387 g/mol. The fourth-order valence-electron chi connectivity index (χ4n) is 2.25. The number of anilines is 1. The van der Waals surface area contributed by atoms with E-state index in [0.29, 0.717) is 0 Å². The van der Waals surface area contributed by atoms with E-state index in [0.717, 1.165) is 10.9 Å². The van der Waals surface area contributed by atoms with Gasteiger partial charge in [0.25, 0.3) is 5.91 Å². The summed E-state index contributed by atoms with van der Waals surface area (Å²) in [5, 5.41) is 9.79. The molecule has 0 saturated carbocycles. The lowest BCUT2D eigenvalue weighted by atomic mass is 10.1. The predicted octanol–water partition coefficient (Wildman–Crippen LogP) is 2.24. The van der Waals surface area contributed by atoms with Crippen LogP contribution in [-0.4, -0.2) is 30.9 Å². The van der Waals surface area contributed by atoms with Crippen LogP contribution in [0, 0.1) is 0 Å². The van der Waals surface area contributed by atoms with E-state index >= 15 is 0 Å². The number of aromatic nitrogens is 5. The molecule has 3 N–H and O–H groups in total. The average Bonchev–Trinajstić information content (AvgIpc) is 3.15. The SMILES string of the molecule is Nc1nc(-n2nccn2)c(Cl)nc1C(=O)NCc1ccccc1C(F)(F)F. The third-order valence-corrected chi connectivity index (χ3v) is 3.70. The molecule has 0 radical (unpaired) electrons. The maximum absolute atomic E-state index is 13.0. The first-order valence-corrected chi connectivity index (χ1v) is 7.78. The molecule has 0 aliphatic rings. The molecule has 140 valence electrons. The van der Waals surface area contributed by atoms with Gasteiger partial charge in [-0.3, -0.25) is 4.79 Å². The minimum absolute atomic E-state index is 0.0122. The molecule has 2 heterocycles. The lowest BCUT2D eigenvalue weighted by molar-refractivity contribution is -0.138. The van der Waals surface area contributed by atoms with E-state index < -0.39 is 17.6 Å². The number of benzene rings is 1. The molecule has 0 bridgehead atoms. The highest BCUT2D eigenvalue weighted by molar-refractivity contribution is 6.31. The van der Waals surface area contributed by atoms with Crippen molar-refractivity contribution < 1.29 is 18.0 Å². The van der Waals surface area contributed by atoms with Gasteiger partial charge in [0.05, 0.1) is 18.0 Å². The zero-order chi connectivity index (χ0) is 19.6. The van der Waals surface area contributed by atoms with Crippen molar-refractivity contribution in [2.75, 3.05) is 5.73 Å². The van der Waals surface area contributed by atoms with Crippen LogP contribution in [0.4, 0.5) is 19.0 Å². The second-order valence-electron chi connectivity index (χ2n) is 5.23. The maximum atomic E-state index is 13.0. The molecule has 0 spiro atoms. The molecule has 27 heavy (non-hydrogen) atoms. The van der Waals surface area contributed by atoms with E-state index in [4.69, 9.17) is 17.3 Å². The maximum Gasteiger partial charge on any atom is 0.416 e. The van der Waals surface area contributed by atoms with Gasteiger partial charge in [0.1, 0.15) is 0 Å². The Kier molecular flexibility index (Phi) is 4.95. The van der Waals surface area contributed by atoms with E-state index in [1.807, 2.05) is 0 Å². The number of nitrogens with two attached hydrogens (primary N) is 1. The summed E-state index contributed by atoms with van der Waals surface area (Å²) in [4.78, 5) is 21.1. The van der Waals surface area contributed by atoms with Crippen LogP contribution >= 0.6 is 11.6 Å². The number of nitrogens with one attached hydrogen (secondary N) is 1. The third-order valence-electron chi connectivity index (χ3n) is 3.45. The van der Waals surface area contributed by atoms with Crippen molar-refractivity contribution in [1.29, 1.82) is 0 Å². The van der Waals surface area contributed by atoms with Crippen LogP contribution in [0.15, 0.2) is 36.7 Å². The first-order chi connectivity index (χ1) is 12.8. The smallest absolute Gasteiger partial charge is 0.382 e. The Morgan fingerprint density at radius 3 is 2.52 bits per heavy atom. The van der Waals surface area contributed by atoms with Crippen molar-refractivity contribution in [2.45, 2.75) is 12.7 Å². The lowest BCUT2D eigenvalue weighted by Crippen LogP contribution is -2.27. The first-order valence-electron chi connectivity index (χ1n) is 7.40. The molecule has 0 aliphatic carbocycles. The number of halogens is 4. The van der Waals surface area contributed by atoms with Crippen LogP contribution in [-0.2, 0) is 12.7 Å². The number of carbonyl (C=O) groups excluding carboxylic acids is 1. The minimum Gasteiger partial charge on any atom is -0.382 e. The summed E-state index contributed by atoms with van der Waals surface area (Å²) in [5.41, 5.74) is 4.46. The van der Waals surface area contributed by atoms with E-state index in [-0.39, 0.29) is 34.6 Å². The highest BCUT2D eigenvalue weighted by atomic mass is 35.5. The van der Waals surface area contributed by atoms with Gasteiger partial charge in [0.15, 0.2) is 16.7 Å². The highest BCUT2D eigenvalue weighted by Crippen LogP contribution is 2.31. The molecule has 1 amide bonds. The Morgan fingerprint density at radius 1 is 1.19 bits per heavy atom. The molecule has 8 nitrogen and oxygen atoms in total. The minimum atomic E-state index is -4.54. The summed E-state index contributed by atoms with van der Waals surface area (Å²) >= 11 is 5.98. The zero-order valence-electron chi connectivity index (χ0n) is 13.4. The van der Waals surface area contributed by atoms with Crippen LogP contribution < -0.4 is 11.1 Å². The predicted molar refractivity (Wildman–Crippen MR) is 89.0 cm³/mol. The van der Waals surface area contributed by atoms with Gasteiger partial charge in [-0.25, -0.2) is 9.97 Å². The average molecular weight is 398 g/mol. The molecule has 1 aromatic carbocycles. The number of amides is 1. The summed E-state index contributed by atoms with van der Waals surface area (Å²) < 4.78 is 39.0. The molecule has 0 unspecified atom stereocenters. The molecule has 2 aromatic heterocycles. The van der Waals surface area contributed by atoms with Gasteiger partial charge in [0.2, 0.25) is 5.82 Å². The number of hydrogen-bond donors (Lipinski definition) is 2. The fourth-order valence-corrected chi connectivity index (χ4v) is 2.45. The van der Waals surface area contributed by atoms with Gasteiger partial charge in [-0.1, -0.05) is 29.8 Å². The van der Waals surface area contributed by atoms with Crippen molar-refractivity contribution in [1.82, 2.24) is 30.3 Å². The van der Waals surface area contributed by atoms with Gasteiger partial charge in [-0.15, -0.1) is 4.80 Å². The summed E-state index contributed by atoms with van der Waals surface area (Å²) in [6, 6.07) is 4.89. The first kappa shape index (κ1) is 18.6. The molecule has 3 rings (SSSR count). The third kappa shape index (κ3) is 3.97. The van der Waals surface area contributed by atoms with Gasteiger partial charge < -0.3 is 11.1 Å². The van der Waals surface area contributed by atoms with Gasteiger partial charge in [-0.05, 0) is 11.6 Å². The van der Waals surface area contributed by atoms with Crippen molar-refractivity contribution in [3.63, 3.8) is 0 Å². The van der Waals surface area contributed by atoms with Crippen LogP contribution in [0.25, 0.3) is 5.82 Å². The molecule has 3 aromatic rings. The van der Waals surface area contributed by atoms with Crippen molar-refractivity contribution >= 4 is 23.3 Å². The standard InChI is InChI=1S/C15H11ClF3N7O/c16-11-13(26-22-5-6-23-26)25-12(20)10(24-11)14(27)21-7-8-3-1-2-4-9(8)15(17,18)19/h1-6H,7H2,(H2,20,25)(H,21,27). The van der Waals surface area contributed by atoms with Gasteiger partial charge >= 0.3 is 6.18 Å². The van der Waals surface area contributed by atoms with Crippen molar-refractivity contribution in [3.8, 4) is 5.82 Å². The van der Waals surface area contributed by atoms with Crippen LogP contribution in [0.2, 0.25) is 5.15 Å². The zero-order valence-corrected chi connectivity index (χ0v) is 14.2. The van der Waals surface area contributed by atoms with Crippen LogP contribution in [0.5, 0.6) is 0 Å². The molecule has 0 fully saturated rings. The Labute approximate surface area is 155 Å². The lowest BCUT2D eigenvalue weighted by Gasteiger charge is -2.13.